The van der Waals surface area contributed by atoms with E-state index in [0.29, 0.717) is 11.1 Å². The van der Waals surface area contributed by atoms with Crippen LogP contribution in [0.5, 0.6) is 0 Å². The maximum Gasteiger partial charge on any atom is 0.326 e. The van der Waals surface area contributed by atoms with Crippen LogP contribution < -0.4 is 108 Å². The summed E-state index contributed by atoms with van der Waals surface area (Å²) in [6.07, 6.45) is -8.50. The number of thiol groups is 1. The minimum absolute atomic E-state index is 0.0973. The molecule has 117 heavy (non-hydrogen) atoms. The topological polar surface area (TPSA) is 794 Å². The standard InChI is InChI=1S/C69H101N21O26S/c1-32(2)55(90-51(96)29-78-58(105)37(16-19-47(71)92)81-57(104)36(70)31-117)67(114)88-44(26-49(73)94)64(111)87-45(27-54(101)102)65(112)86-43(25-48(72)93)63(110)83-39(18-21-53(99)100)60(107)82-38(17-20-52(97)98)59(106)77-28-50(95)80-41(23-34-11-6-4-7-12-34)61(108)85-42(24-35-13-8-5-9-14-35)62(109)89-46(30-91)66(113)79-33(3)56(103)84-40(68(115)116)15-10-22-76-69(74)75/h4-9,11-14,32-33,36-46,55,91,117H,10,15-31,70H2,1-3H3,(H2,71,92)(H2,72,93)(H2,73,94)(H,77,106)(H,78,105)(H,79,113)(H,80,95)(H,81,104)(H,82,107)(H,83,110)(H,84,103)(H,85,108)(H,86,112)(H,87,111)(H,88,114)(H,89,109)(H,90,96)(H,97,98)(H,99,100)(H,101,102)(H,115,116)(H4,74,75,76)/t33-,36-,37-,38-,39-,40-,41-,42-,43-,44-,45-,46-,55-/m0/s1. The Bertz CT molecular complexity index is 3900. The van der Waals surface area contributed by atoms with Crippen LogP contribution in [0.25, 0.3) is 0 Å². The van der Waals surface area contributed by atoms with E-state index in [-0.39, 0.29) is 50.4 Å². The molecule has 0 saturated heterocycles. The van der Waals surface area contributed by atoms with Gasteiger partial charge in [0.25, 0.3) is 0 Å². The lowest BCUT2D eigenvalue weighted by Gasteiger charge is -2.27. The quantitative estimate of drug-likeness (QED) is 0.0127. The summed E-state index contributed by atoms with van der Waals surface area (Å²) in [7, 11) is 0. The number of aliphatic hydroxyl groups is 1. The van der Waals surface area contributed by atoms with Gasteiger partial charge in [0.05, 0.1) is 45.0 Å². The number of amides is 17. The molecule has 0 spiro atoms. The number of aliphatic carboxylic acids is 4. The van der Waals surface area contributed by atoms with Crippen molar-refractivity contribution in [3.8, 4) is 0 Å². The van der Waals surface area contributed by atoms with Crippen LogP contribution in [-0.2, 0) is 114 Å². The maximum atomic E-state index is 14.4. The molecular weight excluding hydrogens is 1570 g/mol. The summed E-state index contributed by atoms with van der Waals surface area (Å²) in [5.41, 5.74) is 27.7. The summed E-state index contributed by atoms with van der Waals surface area (Å²) in [6, 6.07) is -7.11. The van der Waals surface area contributed by atoms with Crippen molar-refractivity contribution in [2.45, 2.75) is 183 Å². The SMILES string of the molecule is CC(C)[C@H](NC(=O)CNC(=O)[C@H](CCC(N)=O)NC(=O)[C@@H](N)CS)C(=O)N[C@@H](CC(N)=O)C(=O)N[C@@H](CC(=O)O)C(=O)N[C@@H](CC(N)=O)C(=O)N[C@@H](CCC(=O)O)C(=O)N[C@@H](CCC(=O)O)C(=O)NCC(=O)N[C@@H](Cc1ccccc1)C(=O)N[C@@H](Cc1ccccc1)C(=O)N[C@@H](CO)C(=O)N[C@@H](C)C(=O)N[C@@H](CCCNC(=N)N)C(=O)O. The third-order valence-corrected chi connectivity index (χ3v) is 17.0. The minimum atomic E-state index is -2.31. The summed E-state index contributed by atoms with van der Waals surface area (Å²) >= 11 is 3.92. The molecule has 17 amide bonds. The average molecular weight is 1670 g/mol. The zero-order chi connectivity index (χ0) is 88.3. The van der Waals surface area contributed by atoms with Crippen molar-refractivity contribution >= 4 is 143 Å². The highest BCUT2D eigenvalue weighted by atomic mass is 32.1. The van der Waals surface area contributed by atoms with Crippen LogP contribution >= 0.6 is 12.6 Å². The smallest absolute Gasteiger partial charge is 0.326 e. The largest absolute Gasteiger partial charge is 0.481 e. The van der Waals surface area contributed by atoms with Crippen molar-refractivity contribution in [2.24, 2.45) is 34.6 Å². The molecule has 2 rings (SSSR count). The number of primary amides is 3. The molecular formula is C69H101N21O26S. The molecule has 0 aromatic heterocycles. The second-order valence-electron chi connectivity index (χ2n) is 26.6. The molecule has 0 aliphatic carbocycles. The van der Waals surface area contributed by atoms with Gasteiger partial charge >= 0.3 is 23.9 Å². The molecule has 0 heterocycles. The van der Waals surface area contributed by atoms with Crippen LogP contribution in [0.3, 0.4) is 0 Å². The van der Waals surface area contributed by atoms with Crippen molar-refractivity contribution in [1.82, 2.24) is 79.8 Å². The fraction of sp³-hybridized carbons (Fsp3) is 0.507. The second-order valence-corrected chi connectivity index (χ2v) is 27.0. The molecule has 47 nitrogen and oxygen atoms in total. The third-order valence-electron chi connectivity index (χ3n) is 16.6. The zero-order valence-corrected chi connectivity index (χ0v) is 64.6. The van der Waals surface area contributed by atoms with E-state index >= 15 is 0 Å². The lowest BCUT2D eigenvalue weighted by atomic mass is 10.0. The Labute approximate surface area is 672 Å². The van der Waals surface area contributed by atoms with Crippen LogP contribution in [0.1, 0.15) is 103 Å². The summed E-state index contributed by atoms with van der Waals surface area (Å²) in [4.78, 5) is 276. The maximum absolute atomic E-state index is 14.4. The van der Waals surface area contributed by atoms with E-state index in [1.54, 1.807) is 60.7 Å². The number of hydrogen-bond donors (Lipinski definition) is 27. The van der Waals surface area contributed by atoms with Gasteiger partial charge in [-0.3, -0.25) is 101 Å². The van der Waals surface area contributed by atoms with Crippen molar-refractivity contribution in [2.75, 3.05) is 32.0 Å². The third kappa shape index (κ3) is 39.4. The number of nitrogens with two attached hydrogens (primary N) is 5. The Morgan fingerprint density at radius 3 is 1.16 bits per heavy atom. The lowest BCUT2D eigenvalue weighted by molar-refractivity contribution is -0.142. The monoisotopic (exact) mass is 1670 g/mol. The Kier molecular flexibility index (Phi) is 44.0. The predicted molar refractivity (Wildman–Crippen MR) is 408 cm³/mol. The molecule has 0 fully saturated rings. The van der Waals surface area contributed by atoms with Crippen molar-refractivity contribution < 1.29 is 126 Å². The van der Waals surface area contributed by atoms with E-state index in [0.717, 1.165) is 0 Å². The first-order valence-corrected chi connectivity index (χ1v) is 36.6. The first kappa shape index (κ1) is 99.9. The molecule has 0 radical (unpaired) electrons. The van der Waals surface area contributed by atoms with E-state index in [4.69, 9.17) is 34.1 Å². The number of aliphatic hydroxyl groups excluding tert-OH is 1. The highest BCUT2D eigenvalue weighted by Gasteiger charge is 2.38. The van der Waals surface area contributed by atoms with Gasteiger partial charge in [-0.15, -0.1) is 0 Å². The number of carboxylic acid groups (broad SMARTS) is 4. The number of guanidine groups is 1. The molecule has 0 unspecified atom stereocenters. The van der Waals surface area contributed by atoms with Crippen molar-refractivity contribution in [3.63, 3.8) is 0 Å². The van der Waals surface area contributed by atoms with Crippen LogP contribution in [0.2, 0.25) is 0 Å². The van der Waals surface area contributed by atoms with Crippen LogP contribution in [0, 0.1) is 11.3 Å². The van der Waals surface area contributed by atoms with Gasteiger partial charge in [0, 0.05) is 44.4 Å². The van der Waals surface area contributed by atoms with E-state index in [1.165, 1.54) is 20.8 Å². The highest BCUT2D eigenvalue weighted by Crippen LogP contribution is 2.12. The Morgan fingerprint density at radius 1 is 0.385 bits per heavy atom. The number of carboxylic acids is 4. The summed E-state index contributed by atoms with van der Waals surface area (Å²) in [6.45, 7) is 1.06. The Hall–Kier alpha value is -13.2. The van der Waals surface area contributed by atoms with Gasteiger partial charge in [0.15, 0.2) is 5.96 Å². The van der Waals surface area contributed by atoms with Crippen molar-refractivity contribution in [3.05, 3.63) is 71.8 Å². The normalized spacial score (nSPS) is 14.1. The molecule has 31 N–H and O–H groups in total. The first-order valence-electron chi connectivity index (χ1n) is 36.0. The van der Waals surface area contributed by atoms with Crippen LogP contribution in [0.4, 0.5) is 0 Å². The molecule has 13 atom stereocenters. The van der Waals surface area contributed by atoms with Crippen molar-refractivity contribution in [1.29, 1.82) is 5.41 Å². The summed E-state index contributed by atoms with van der Waals surface area (Å²) in [5.74, 6) is -28.3. The molecule has 2 aromatic carbocycles. The molecule has 644 valence electrons. The Balaban J connectivity index is 2.43. The molecule has 0 aliphatic rings. The average Bonchev–Trinajstić information content (AvgIpc) is 0.854. The van der Waals surface area contributed by atoms with E-state index < -0.39 is 280 Å². The van der Waals surface area contributed by atoms with Gasteiger partial charge in [-0.1, -0.05) is 74.5 Å². The molecule has 0 aliphatic heterocycles. The van der Waals surface area contributed by atoms with Gasteiger partial charge < -0.3 is 134 Å². The number of carbonyl (C=O) groups is 21. The first-order chi connectivity index (χ1) is 54.9. The van der Waals surface area contributed by atoms with Gasteiger partial charge in [0.2, 0.25) is 100 Å². The second kappa shape index (κ2) is 51.6. The van der Waals surface area contributed by atoms with E-state index in [2.05, 4.69) is 81.7 Å². The van der Waals surface area contributed by atoms with E-state index in [9.17, 15) is 126 Å². The van der Waals surface area contributed by atoms with Gasteiger partial charge in [0.1, 0.15) is 72.5 Å². The molecule has 2 aromatic rings. The number of rotatable bonds is 55. The zero-order valence-electron chi connectivity index (χ0n) is 63.7. The number of benzene rings is 2. The van der Waals surface area contributed by atoms with Crippen LogP contribution in [-0.4, -0.2) is 266 Å². The number of hydrogen-bond acceptors (Lipinski definition) is 25. The Morgan fingerprint density at radius 2 is 0.752 bits per heavy atom. The highest BCUT2D eigenvalue weighted by molar-refractivity contribution is 7.80. The van der Waals surface area contributed by atoms with E-state index in [1.807, 2.05) is 10.6 Å². The molecule has 0 saturated carbocycles. The predicted octanol–water partition coefficient (Wildman–Crippen LogP) is -11.0. The summed E-state index contributed by atoms with van der Waals surface area (Å²) < 4.78 is 0. The van der Waals surface area contributed by atoms with Gasteiger partial charge in [-0.25, -0.2) is 4.79 Å². The molecule has 0 bridgehead atoms. The number of nitrogens with one attached hydrogen (secondary N) is 16. The molecule has 48 heteroatoms. The van der Waals surface area contributed by atoms with Crippen LogP contribution in [0.15, 0.2) is 60.7 Å². The van der Waals surface area contributed by atoms with Gasteiger partial charge in [-0.2, -0.15) is 12.6 Å². The number of carbonyl (C=O) groups excluding carboxylic acids is 17. The lowest BCUT2D eigenvalue weighted by Crippen LogP contribution is -2.61. The minimum Gasteiger partial charge on any atom is -0.481 e. The fourth-order valence-electron chi connectivity index (χ4n) is 10.5. The summed E-state index contributed by atoms with van der Waals surface area (Å²) in [5, 5.41) is 89.9. The fourth-order valence-corrected chi connectivity index (χ4v) is 10.6. The van der Waals surface area contributed by atoms with Gasteiger partial charge in [-0.05, 0) is 56.1 Å².